The topological polar surface area (TPSA) is 113 Å². The summed E-state index contributed by atoms with van der Waals surface area (Å²) < 4.78 is 27.1. The molecular weight excluding hydrogens is 486 g/mol. The smallest absolute Gasteiger partial charge is 0.326 e. The minimum absolute atomic E-state index is 0.200. The molecule has 0 aromatic carbocycles. The Balaban J connectivity index is 3.22. The van der Waals surface area contributed by atoms with Crippen molar-refractivity contribution in [3.05, 3.63) is 0 Å². The molecule has 10 heteroatoms. The Kier molecular flexibility index (Phi) is 26.4. The van der Waals surface area contributed by atoms with Crippen molar-refractivity contribution < 1.29 is 38.4 Å². The van der Waals surface area contributed by atoms with Gasteiger partial charge in [0.25, 0.3) is 0 Å². The molecule has 0 saturated heterocycles. The third-order valence-electron chi connectivity index (χ3n) is 5.42. The van der Waals surface area contributed by atoms with Crippen LogP contribution in [-0.4, -0.2) is 94.8 Å². The molecule has 0 aliphatic heterocycles. The van der Waals surface area contributed by atoms with Gasteiger partial charge >= 0.3 is 5.97 Å². The molecule has 36 heavy (non-hydrogen) atoms. The van der Waals surface area contributed by atoms with E-state index in [0.29, 0.717) is 46.2 Å². The molecule has 9 nitrogen and oxygen atoms in total. The maximum Gasteiger partial charge on any atom is 0.326 e. The molecule has 0 spiro atoms. The number of aliphatic carboxylic acids is 1. The number of ether oxygens (including phenoxy) is 5. The predicted octanol–water partition coefficient (Wildman–Crippen LogP) is 3.74. The van der Waals surface area contributed by atoms with E-state index in [1.807, 2.05) is 0 Å². The average molecular weight is 538 g/mol. The molecule has 0 aromatic heterocycles. The second-order valence-electron chi connectivity index (χ2n) is 9.04. The van der Waals surface area contributed by atoms with Crippen LogP contribution in [0.2, 0.25) is 0 Å². The molecular formula is C26H51NO8S. The van der Waals surface area contributed by atoms with Crippen LogP contribution in [-0.2, 0) is 33.3 Å². The van der Waals surface area contributed by atoms with Crippen molar-refractivity contribution in [1.82, 2.24) is 5.32 Å². The molecule has 0 aliphatic rings. The number of nitrogens with one attached hydrogen (secondary N) is 1. The van der Waals surface area contributed by atoms with Gasteiger partial charge in [-0.1, -0.05) is 58.8 Å². The number of amides is 1. The molecule has 2 N–H and O–H groups in total. The van der Waals surface area contributed by atoms with Gasteiger partial charge in [0.05, 0.1) is 52.9 Å². The van der Waals surface area contributed by atoms with E-state index < -0.39 is 17.9 Å². The highest BCUT2D eigenvalue weighted by atomic mass is 32.1. The van der Waals surface area contributed by atoms with Gasteiger partial charge in [0.2, 0.25) is 5.91 Å². The zero-order valence-electron chi connectivity index (χ0n) is 22.5. The van der Waals surface area contributed by atoms with Gasteiger partial charge in [-0.25, -0.2) is 4.79 Å². The monoisotopic (exact) mass is 537 g/mol. The van der Waals surface area contributed by atoms with Crippen LogP contribution < -0.4 is 5.32 Å². The van der Waals surface area contributed by atoms with Crippen molar-refractivity contribution in [1.29, 1.82) is 0 Å². The van der Waals surface area contributed by atoms with Gasteiger partial charge in [-0.05, 0) is 24.5 Å². The quantitative estimate of drug-likeness (QED) is 0.102. The van der Waals surface area contributed by atoms with Crippen LogP contribution in [0.4, 0.5) is 0 Å². The average Bonchev–Trinajstić information content (AvgIpc) is 2.84. The largest absolute Gasteiger partial charge is 0.480 e. The van der Waals surface area contributed by atoms with Gasteiger partial charge in [0.1, 0.15) is 12.6 Å². The van der Waals surface area contributed by atoms with E-state index in [9.17, 15) is 9.59 Å². The van der Waals surface area contributed by atoms with E-state index in [0.717, 1.165) is 18.8 Å². The van der Waals surface area contributed by atoms with Gasteiger partial charge in [0.15, 0.2) is 0 Å². The van der Waals surface area contributed by atoms with Crippen molar-refractivity contribution in [3.8, 4) is 0 Å². The number of carboxylic acid groups (broad SMARTS) is 1. The van der Waals surface area contributed by atoms with Gasteiger partial charge in [0, 0.05) is 6.61 Å². The lowest BCUT2D eigenvalue weighted by molar-refractivity contribution is -0.144. The summed E-state index contributed by atoms with van der Waals surface area (Å²) >= 11 is 4.24. The highest BCUT2D eigenvalue weighted by molar-refractivity contribution is 7.80. The number of carbonyl (C=O) groups excluding carboxylic acids is 1. The first-order valence-corrected chi connectivity index (χ1v) is 14.1. The fraction of sp³-hybridized carbons (Fsp3) is 0.923. The molecule has 0 rings (SSSR count). The highest BCUT2D eigenvalue weighted by Crippen LogP contribution is 2.10. The van der Waals surface area contributed by atoms with Crippen LogP contribution in [0, 0.1) is 5.92 Å². The lowest BCUT2D eigenvalue weighted by atomic mass is 10.1. The number of unbranched alkanes of at least 4 members (excludes halogenated alkanes) is 8. The van der Waals surface area contributed by atoms with Crippen LogP contribution >= 0.6 is 12.6 Å². The zero-order valence-corrected chi connectivity index (χ0v) is 23.4. The van der Waals surface area contributed by atoms with Crippen molar-refractivity contribution in [3.63, 3.8) is 0 Å². The number of carboxylic acids is 1. The fourth-order valence-corrected chi connectivity index (χ4v) is 3.55. The first-order chi connectivity index (χ1) is 17.5. The molecule has 1 atom stereocenters. The Morgan fingerprint density at radius 2 is 1.03 bits per heavy atom. The number of hydrogen-bond acceptors (Lipinski definition) is 8. The van der Waals surface area contributed by atoms with E-state index in [4.69, 9.17) is 28.8 Å². The lowest BCUT2D eigenvalue weighted by Gasteiger charge is -2.17. The van der Waals surface area contributed by atoms with E-state index in [1.165, 1.54) is 51.4 Å². The van der Waals surface area contributed by atoms with Crippen LogP contribution in [0.25, 0.3) is 0 Å². The third-order valence-corrected chi connectivity index (χ3v) is 5.73. The van der Waals surface area contributed by atoms with Gasteiger partial charge in [-0.15, -0.1) is 0 Å². The van der Waals surface area contributed by atoms with E-state index in [2.05, 4.69) is 17.9 Å². The van der Waals surface area contributed by atoms with Crippen molar-refractivity contribution >= 4 is 24.5 Å². The molecule has 0 fully saturated rings. The second kappa shape index (κ2) is 27.1. The van der Waals surface area contributed by atoms with Gasteiger partial charge in [-0.2, -0.15) is 12.6 Å². The summed E-state index contributed by atoms with van der Waals surface area (Å²) in [5.41, 5.74) is 0. The minimum Gasteiger partial charge on any atom is -0.480 e. The van der Waals surface area contributed by atoms with E-state index >= 15 is 0 Å². The number of thiol groups is 1. The molecule has 214 valence electrons. The molecule has 0 saturated carbocycles. The molecule has 0 aromatic rings. The summed E-state index contributed by atoms with van der Waals surface area (Å²) in [6.07, 6.45) is 11.6. The van der Waals surface area contributed by atoms with E-state index in [1.54, 1.807) is 13.8 Å². The van der Waals surface area contributed by atoms with Crippen molar-refractivity contribution in [2.45, 2.75) is 77.7 Å². The molecule has 0 aliphatic carbocycles. The lowest BCUT2D eigenvalue weighted by Crippen LogP contribution is -2.45. The van der Waals surface area contributed by atoms with Crippen LogP contribution in [0.3, 0.4) is 0 Å². The first kappa shape index (κ1) is 35.1. The summed E-state index contributed by atoms with van der Waals surface area (Å²) in [5, 5.41) is 11.5. The molecule has 0 radical (unpaired) electrons. The number of hydrogen-bond donors (Lipinski definition) is 3. The Bertz CT molecular complexity index is 510. The zero-order chi connectivity index (χ0) is 26.7. The Labute approximate surface area is 223 Å². The molecule has 0 bridgehead atoms. The van der Waals surface area contributed by atoms with Crippen molar-refractivity contribution in [2.75, 3.05) is 71.8 Å². The van der Waals surface area contributed by atoms with Crippen LogP contribution in [0.1, 0.15) is 71.6 Å². The minimum atomic E-state index is -1.06. The Hall–Kier alpha value is -0.910. The standard InChI is InChI=1S/C26H51NO8S/c1-23(2)25(26(29)30)27-24(28)22-35-20-19-34-18-17-33-16-15-32-14-13-31-12-10-8-6-4-3-5-7-9-11-21-36/h23,25,36H,3-22H2,1-2H3,(H,27,28)(H,29,30)/t25-/m0/s1. The Morgan fingerprint density at radius 1 is 0.639 bits per heavy atom. The second-order valence-corrected chi connectivity index (χ2v) is 9.48. The first-order valence-electron chi connectivity index (χ1n) is 13.5. The van der Waals surface area contributed by atoms with Crippen LogP contribution in [0.15, 0.2) is 0 Å². The normalized spacial score (nSPS) is 12.2. The van der Waals surface area contributed by atoms with E-state index in [-0.39, 0.29) is 19.1 Å². The van der Waals surface area contributed by atoms with Gasteiger partial charge in [-0.3, -0.25) is 4.79 Å². The summed E-state index contributed by atoms with van der Waals surface area (Å²) in [5.74, 6) is -0.705. The summed E-state index contributed by atoms with van der Waals surface area (Å²) in [7, 11) is 0. The number of rotatable bonds is 28. The third kappa shape index (κ3) is 24.8. The molecule has 0 unspecified atom stereocenters. The SMILES string of the molecule is CC(C)[C@H](NC(=O)COCCOCCOCCOCCOCCCCCCCCCCCS)C(=O)O. The Morgan fingerprint density at radius 3 is 1.44 bits per heavy atom. The summed E-state index contributed by atoms with van der Waals surface area (Å²) in [6.45, 7) is 7.70. The summed E-state index contributed by atoms with van der Waals surface area (Å²) in [4.78, 5) is 22.8. The maximum absolute atomic E-state index is 11.7. The van der Waals surface area contributed by atoms with Crippen LogP contribution in [0.5, 0.6) is 0 Å². The van der Waals surface area contributed by atoms with Crippen molar-refractivity contribution in [2.24, 2.45) is 5.92 Å². The number of carbonyl (C=O) groups is 2. The molecule has 0 heterocycles. The van der Waals surface area contributed by atoms with Gasteiger partial charge < -0.3 is 34.1 Å². The highest BCUT2D eigenvalue weighted by Gasteiger charge is 2.23. The predicted molar refractivity (Wildman–Crippen MR) is 144 cm³/mol. The maximum atomic E-state index is 11.7. The molecule has 1 amide bonds. The summed E-state index contributed by atoms with van der Waals surface area (Å²) in [6, 6.07) is -0.918. The fourth-order valence-electron chi connectivity index (χ4n) is 3.33.